The van der Waals surface area contributed by atoms with Gasteiger partial charge in [0.05, 0.1) is 24.5 Å². The fourth-order valence-electron chi connectivity index (χ4n) is 3.53. The number of fused-ring (bicyclic) bond motifs is 1. The quantitative estimate of drug-likeness (QED) is 0.369. The van der Waals surface area contributed by atoms with Gasteiger partial charge in [-0.15, -0.1) is 13.2 Å². The van der Waals surface area contributed by atoms with Crippen molar-refractivity contribution < 1.29 is 33.3 Å². The number of carbonyl (C=O) groups excluding carboxylic acids is 2. The molecule has 2 amide bonds. The second kappa shape index (κ2) is 9.84. The van der Waals surface area contributed by atoms with Gasteiger partial charge in [0, 0.05) is 30.3 Å². The van der Waals surface area contributed by atoms with Crippen LogP contribution < -0.4 is 15.4 Å². The Kier molecular flexibility index (Phi) is 6.42. The summed E-state index contributed by atoms with van der Waals surface area (Å²) < 4.78 is 65.2. The number of aryl methyl sites for hydroxylation is 2. The van der Waals surface area contributed by atoms with Crippen molar-refractivity contribution in [2.75, 3.05) is 5.32 Å². The summed E-state index contributed by atoms with van der Waals surface area (Å²) in [5.74, 6) is -2.50. The summed E-state index contributed by atoms with van der Waals surface area (Å²) in [7, 11) is 0. The molecule has 0 aliphatic heterocycles. The molecule has 37 heavy (non-hydrogen) atoms. The number of benzene rings is 1. The van der Waals surface area contributed by atoms with Crippen molar-refractivity contribution in [3.63, 3.8) is 0 Å². The molecule has 13 heteroatoms. The van der Waals surface area contributed by atoms with Crippen LogP contribution in [0.4, 0.5) is 23.4 Å². The predicted octanol–water partition coefficient (Wildman–Crippen LogP) is 4.33. The lowest BCUT2D eigenvalue weighted by atomic mass is 10.0. The minimum Gasteiger partial charge on any atom is -0.406 e. The second-order valence-corrected chi connectivity index (χ2v) is 7.93. The van der Waals surface area contributed by atoms with Gasteiger partial charge in [0.1, 0.15) is 11.6 Å². The molecule has 3 aromatic heterocycles. The van der Waals surface area contributed by atoms with Crippen LogP contribution in [0.25, 0.3) is 16.9 Å². The van der Waals surface area contributed by atoms with E-state index >= 15 is 0 Å². The van der Waals surface area contributed by atoms with Crippen LogP contribution in [0, 0.1) is 19.7 Å². The number of halogens is 4. The number of hydrogen-bond donors (Lipinski definition) is 2. The molecule has 4 aromatic rings. The molecule has 0 bridgehead atoms. The number of amides is 2. The molecule has 1 atom stereocenters. The van der Waals surface area contributed by atoms with Crippen LogP contribution in [0.1, 0.15) is 35.6 Å². The number of ether oxygens (including phenoxy) is 1. The van der Waals surface area contributed by atoms with E-state index in [0.717, 1.165) is 12.1 Å². The lowest BCUT2D eigenvalue weighted by Gasteiger charge is -2.13. The third-order valence-corrected chi connectivity index (χ3v) is 5.11. The number of alkyl halides is 3. The van der Waals surface area contributed by atoms with Crippen LogP contribution >= 0.6 is 0 Å². The lowest BCUT2D eigenvalue weighted by molar-refractivity contribution is -0.274. The summed E-state index contributed by atoms with van der Waals surface area (Å²) in [6.07, 6.45) is -3.49. The Morgan fingerprint density at radius 1 is 1.11 bits per heavy atom. The van der Waals surface area contributed by atoms with Crippen molar-refractivity contribution in [3.05, 3.63) is 70.9 Å². The third kappa shape index (κ3) is 6.00. The average Bonchev–Trinajstić information content (AvgIpc) is 3.20. The Morgan fingerprint density at radius 3 is 2.57 bits per heavy atom. The molecule has 0 aliphatic carbocycles. The first-order valence-electron chi connectivity index (χ1n) is 11.3. The molecule has 9 nitrogen and oxygen atoms in total. The standard InChI is InChI=1S/C24H20F4N6O3/c1-12-17(20-6-7-22-32-21(31-14(3)35)11-34(22)33-20)9-18(13(2)30-12)23(36)29-10-15-8-16(4-5-19(15)25)37-24(26,27)28/h4-9,11H,10H2,1-3H3,(H,29,36)(H,31,35)/i10D. The van der Waals surface area contributed by atoms with Gasteiger partial charge in [-0.2, -0.15) is 5.10 Å². The van der Waals surface area contributed by atoms with Gasteiger partial charge in [0.15, 0.2) is 11.5 Å². The number of aromatic nitrogens is 4. The summed E-state index contributed by atoms with van der Waals surface area (Å²) in [6, 6.07) is 6.99. The van der Waals surface area contributed by atoms with Crippen molar-refractivity contribution in [1.29, 1.82) is 0 Å². The molecule has 4 rings (SSSR count). The van der Waals surface area contributed by atoms with E-state index < -0.39 is 35.9 Å². The van der Waals surface area contributed by atoms with Gasteiger partial charge >= 0.3 is 6.36 Å². The number of carbonyl (C=O) groups is 2. The second-order valence-electron chi connectivity index (χ2n) is 7.93. The molecule has 0 saturated heterocycles. The summed E-state index contributed by atoms with van der Waals surface area (Å²) in [4.78, 5) is 32.9. The Bertz CT molecular complexity index is 1560. The van der Waals surface area contributed by atoms with E-state index in [1.165, 1.54) is 23.7 Å². The Balaban J connectivity index is 1.62. The highest BCUT2D eigenvalue weighted by Crippen LogP contribution is 2.26. The highest BCUT2D eigenvalue weighted by Gasteiger charge is 2.31. The maximum Gasteiger partial charge on any atom is 0.573 e. The minimum absolute atomic E-state index is 0.0532. The summed E-state index contributed by atoms with van der Waals surface area (Å²) in [5, 5.41) is 9.29. The lowest BCUT2D eigenvalue weighted by Crippen LogP contribution is -2.25. The molecular formula is C24H20F4N6O3. The van der Waals surface area contributed by atoms with Crippen LogP contribution in [0.2, 0.25) is 0 Å². The molecule has 1 unspecified atom stereocenters. The fraction of sp³-hybridized carbons (Fsp3) is 0.208. The monoisotopic (exact) mass is 517 g/mol. The molecule has 2 N–H and O–H groups in total. The third-order valence-electron chi connectivity index (χ3n) is 5.11. The number of imidazole rings is 1. The first-order valence-corrected chi connectivity index (χ1v) is 10.7. The van der Waals surface area contributed by atoms with E-state index in [-0.39, 0.29) is 11.5 Å². The normalized spacial score (nSPS) is 12.7. The molecule has 0 radical (unpaired) electrons. The molecular weight excluding hydrogens is 496 g/mol. The van der Waals surface area contributed by atoms with Crippen molar-refractivity contribution in [3.8, 4) is 17.0 Å². The van der Waals surface area contributed by atoms with Gasteiger partial charge in [-0.3, -0.25) is 14.6 Å². The van der Waals surface area contributed by atoms with Crippen molar-refractivity contribution >= 4 is 23.3 Å². The van der Waals surface area contributed by atoms with E-state index in [9.17, 15) is 27.2 Å². The van der Waals surface area contributed by atoms with Crippen LogP contribution in [0.3, 0.4) is 0 Å². The van der Waals surface area contributed by atoms with Crippen molar-refractivity contribution in [2.24, 2.45) is 0 Å². The summed E-state index contributed by atoms with van der Waals surface area (Å²) >= 11 is 0. The molecule has 0 aliphatic rings. The molecule has 1 aromatic carbocycles. The Labute approximate surface area is 208 Å². The Morgan fingerprint density at radius 2 is 1.86 bits per heavy atom. The zero-order valence-corrected chi connectivity index (χ0v) is 19.6. The van der Waals surface area contributed by atoms with Gasteiger partial charge in [-0.25, -0.2) is 13.9 Å². The molecule has 0 fully saturated rings. The Hall–Kier alpha value is -4.55. The van der Waals surface area contributed by atoms with Gasteiger partial charge < -0.3 is 15.4 Å². The molecule has 0 saturated carbocycles. The van der Waals surface area contributed by atoms with E-state index in [1.54, 1.807) is 26.0 Å². The van der Waals surface area contributed by atoms with Crippen LogP contribution in [-0.4, -0.2) is 37.8 Å². The van der Waals surface area contributed by atoms with Crippen LogP contribution in [-0.2, 0) is 11.3 Å². The van der Waals surface area contributed by atoms with Gasteiger partial charge in [0.25, 0.3) is 5.91 Å². The highest BCUT2D eigenvalue weighted by molar-refractivity contribution is 5.96. The number of anilines is 1. The van der Waals surface area contributed by atoms with E-state index in [1.807, 2.05) is 0 Å². The first-order chi connectivity index (χ1) is 17.8. The molecule has 192 valence electrons. The maximum absolute atomic E-state index is 14.3. The maximum atomic E-state index is 14.3. The van der Waals surface area contributed by atoms with Crippen LogP contribution in [0.15, 0.2) is 42.6 Å². The average molecular weight is 517 g/mol. The van der Waals surface area contributed by atoms with E-state index in [4.69, 9.17) is 1.37 Å². The van der Waals surface area contributed by atoms with E-state index in [0.29, 0.717) is 40.2 Å². The number of rotatable bonds is 6. The predicted molar refractivity (Wildman–Crippen MR) is 124 cm³/mol. The summed E-state index contributed by atoms with van der Waals surface area (Å²) in [6.45, 7) is 2.88. The van der Waals surface area contributed by atoms with Crippen molar-refractivity contribution in [2.45, 2.75) is 33.7 Å². The largest absolute Gasteiger partial charge is 0.573 e. The minimum atomic E-state index is -5.00. The topological polar surface area (TPSA) is 111 Å². The molecule has 0 spiro atoms. The van der Waals surface area contributed by atoms with Crippen molar-refractivity contribution in [1.82, 2.24) is 24.9 Å². The highest BCUT2D eigenvalue weighted by atomic mass is 19.4. The zero-order valence-electron chi connectivity index (χ0n) is 20.6. The van der Waals surface area contributed by atoms with Crippen LogP contribution in [0.5, 0.6) is 5.75 Å². The first kappa shape index (κ1) is 24.2. The number of nitrogens with zero attached hydrogens (tertiary/aromatic N) is 4. The van der Waals surface area contributed by atoms with E-state index in [2.05, 4.69) is 30.4 Å². The number of nitrogens with one attached hydrogen (secondary N) is 2. The smallest absolute Gasteiger partial charge is 0.406 e. The number of pyridine rings is 1. The zero-order chi connectivity index (χ0) is 27.8. The van der Waals surface area contributed by atoms with Gasteiger partial charge in [0.2, 0.25) is 5.91 Å². The summed E-state index contributed by atoms with van der Waals surface area (Å²) in [5.41, 5.74) is 1.75. The fourth-order valence-corrected chi connectivity index (χ4v) is 3.53. The SMILES string of the molecule is [2H]C(NC(=O)c1cc(-c2ccc3nc(NC(C)=O)cn3n2)c(C)nc1C)c1cc(OC(F)(F)F)ccc1F. The number of hydrogen-bond acceptors (Lipinski definition) is 6. The molecule has 3 heterocycles. The van der Waals surface area contributed by atoms with Gasteiger partial charge in [-0.1, -0.05) is 0 Å². The van der Waals surface area contributed by atoms with Gasteiger partial charge in [-0.05, 0) is 50.2 Å².